The first-order chi connectivity index (χ1) is 13.0. The number of hydrogen-bond acceptors (Lipinski definition) is 3. The first-order valence-corrected chi connectivity index (χ1v) is 8.01. The molecule has 8 heteroatoms. The number of para-hydroxylation sites is 1. The van der Waals surface area contributed by atoms with Gasteiger partial charge in [-0.05, 0) is 43.3 Å². The smallest absolute Gasteiger partial charge is 0.345 e. The molecule has 8 nitrogen and oxygen atoms in total. The second kappa shape index (κ2) is 7.52. The molecule has 2 amide bonds. The van der Waals surface area contributed by atoms with E-state index in [9.17, 15) is 14.4 Å². The maximum atomic E-state index is 12.5. The number of aliphatic imine (C=N–C) groups is 1. The molecule has 136 valence electrons. The van der Waals surface area contributed by atoms with Crippen molar-refractivity contribution in [2.24, 2.45) is 4.99 Å². The number of anilines is 1. The van der Waals surface area contributed by atoms with Gasteiger partial charge < -0.3 is 10.4 Å². The largest absolute Gasteiger partial charge is 0.478 e. The fourth-order valence-electron chi connectivity index (χ4n) is 2.45. The summed E-state index contributed by atoms with van der Waals surface area (Å²) in [5.41, 5.74) is 1.71. The Bertz CT molecular complexity index is 1060. The number of hydrogen-bond donors (Lipinski definition) is 3. The number of rotatable bonds is 4. The van der Waals surface area contributed by atoms with Crippen molar-refractivity contribution >= 4 is 23.9 Å². The summed E-state index contributed by atoms with van der Waals surface area (Å²) in [5.74, 6) is -1.05. The van der Waals surface area contributed by atoms with Gasteiger partial charge in [0, 0.05) is 17.6 Å². The van der Waals surface area contributed by atoms with Crippen LogP contribution in [0.1, 0.15) is 21.6 Å². The van der Waals surface area contributed by atoms with E-state index < -0.39 is 12.0 Å². The number of carboxylic acids is 1. The molecule has 0 bridgehead atoms. The van der Waals surface area contributed by atoms with E-state index in [2.05, 4.69) is 15.4 Å². The highest BCUT2D eigenvalue weighted by Gasteiger charge is 2.11. The van der Waals surface area contributed by atoms with Gasteiger partial charge in [0.25, 0.3) is 5.56 Å². The van der Waals surface area contributed by atoms with E-state index in [1.807, 2.05) is 18.2 Å². The van der Waals surface area contributed by atoms with Crippen molar-refractivity contribution in [3.63, 3.8) is 0 Å². The predicted molar refractivity (Wildman–Crippen MR) is 101 cm³/mol. The number of urea groups is 1. The number of benzene rings is 2. The van der Waals surface area contributed by atoms with Crippen molar-refractivity contribution in [2.45, 2.75) is 6.92 Å². The highest BCUT2D eigenvalue weighted by molar-refractivity contribution is 5.98. The van der Waals surface area contributed by atoms with Crippen LogP contribution < -0.4 is 10.9 Å². The monoisotopic (exact) mass is 364 g/mol. The molecule has 3 N–H and O–H groups in total. The normalized spacial score (nSPS) is 10.9. The summed E-state index contributed by atoms with van der Waals surface area (Å²) in [6.45, 7) is 1.71. The minimum Gasteiger partial charge on any atom is -0.478 e. The number of carbonyl (C=O) groups is 2. The summed E-state index contributed by atoms with van der Waals surface area (Å²) < 4.78 is 1.37. The van der Waals surface area contributed by atoms with Gasteiger partial charge in [-0.25, -0.2) is 19.3 Å². The van der Waals surface area contributed by atoms with Crippen LogP contribution in [0.2, 0.25) is 0 Å². The van der Waals surface area contributed by atoms with Gasteiger partial charge in [-0.15, -0.1) is 0 Å². The van der Waals surface area contributed by atoms with Crippen LogP contribution in [0, 0.1) is 6.92 Å². The molecule has 2 aromatic carbocycles. The van der Waals surface area contributed by atoms with Crippen LogP contribution in [0.5, 0.6) is 0 Å². The molecule has 0 aliphatic carbocycles. The molecular formula is C19H16N4O4. The van der Waals surface area contributed by atoms with E-state index in [0.717, 1.165) is 0 Å². The number of nitrogens with zero attached hydrogens (tertiary/aromatic N) is 2. The molecule has 0 spiro atoms. The molecule has 1 heterocycles. The van der Waals surface area contributed by atoms with Gasteiger partial charge in [0.1, 0.15) is 0 Å². The number of aromatic amines is 1. The molecule has 0 saturated heterocycles. The number of carbonyl (C=O) groups excluding carboxylic acids is 1. The summed E-state index contributed by atoms with van der Waals surface area (Å²) in [4.78, 5) is 39.0. The molecule has 3 rings (SSSR count). The summed E-state index contributed by atoms with van der Waals surface area (Å²) in [5, 5.41) is 14.3. The number of aryl methyl sites for hydroxylation is 1. The van der Waals surface area contributed by atoms with Gasteiger partial charge >= 0.3 is 12.0 Å². The van der Waals surface area contributed by atoms with Crippen molar-refractivity contribution in [3.05, 3.63) is 81.8 Å². The van der Waals surface area contributed by atoms with Crippen LogP contribution in [-0.2, 0) is 0 Å². The van der Waals surface area contributed by atoms with Crippen molar-refractivity contribution in [3.8, 4) is 5.69 Å². The Labute approximate surface area is 153 Å². The molecule has 0 aliphatic rings. The Kier molecular flexibility index (Phi) is 4.98. The number of H-pyrrole nitrogens is 1. The topological polar surface area (TPSA) is 117 Å². The number of aromatic nitrogens is 2. The number of carboxylic acid groups (broad SMARTS) is 1. The second-order valence-electron chi connectivity index (χ2n) is 5.70. The molecule has 0 aliphatic heterocycles. The minimum absolute atomic E-state index is 0.112. The van der Waals surface area contributed by atoms with Crippen molar-refractivity contribution < 1.29 is 14.7 Å². The Morgan fingerprint density at radius 2 is 1.78 bits per heavy atom. The first kappa shape index (κ1) is 17.9. The Hall–Kier alpha value is -3.94. The Balaban J connectivity index is 1.76. The van der Waals surface area contributed by atoms with Gasteiger partial charge in [0.2, 0.25) is 0 Å². The quantitative estimate of drug-likeness (QED) is 0.617. The highest BCUT2D eigenvalue weighted by Crippen LogP contribution is 2.10. The lowest BCUT2D eigenvalue weighted by Gasteiger charge is -2.01. The average Bonchev–Trinajstić information content (AvgIpc) is 2.95. The molecular weight excluding hydrogens is 348 g/mol. The van der Waals surface area contributed by atoms with E-state index in [4.69, 9.17) is 5.11 Å². The van der Waals surface area contributed by atoms with Gasteiger partial charge in [0.05, 0.1) is 16.8 Å². The van der Waals surface area contributed by atoms with E-state index in [0.29, 0.717) is 17.1 Å². The SMILES string of the molecule is Cc1[nH]n(-c2ccccc2)c(=O)c1C=NC(=O)Nc1ccc(C(=O)O)cc1. The highest BCUT2D eigenvalue weighted by atomic mass is 16.4. The lowest BCUT2D eigenvalue weighted by Crippen LogP contribution is -2.17. The number of nitrogens with one attached hydrogen (secondary N) is 2. The van der Waals surface area contributed by atoms with Gasteiger partial charge in [-0.1, -0.05) is 18.2 Å². The van der Waals surface area contributed by atoms with Crippen LogP contribution in [0.15, 0.2) is 64.4 Å². The predicted octanol–water partition coefficient (Wildman–Crippen LogP) is 2.82. The van der Waals surface area contributed by atoms with Crippen LogP contribution in [0.4, 0.5) is 10.5 Å². The van der Waals surface area contributed by atoms with Crippen LogP contribution in [-0.4, -0.2) is 33.1 Å². The van der Waals surface area contributed by atoms with Crippen LogP contribution in [0.25, 0.3) is 5.69 Å². The first-order valence-electron chi connectivity index (χ1n) is 8.01. The summed E-state index contributed by atoms with van der Waals surface area (Å²) in [6.07, 6.45) is 1.20. The average molecular weight is 364 g/mol. The number of amides is 2. The molecule has 0 unspecified atom stereocenters. The second-order valence-corrected chi connectivity index (χ2v) is 5.70. The fraction of sp³-hybridized carbons (Fsp3) is 0.0526. The van der Waals surface area contributed by atoms with Crippen molar-refractivity contribution in [1.82, 2.24) is 9.78 Å². The van der Waals surface area contributed by atoms with Gasteiger partial charge in [-0.3, -0.25) is 9.89 Å². The summed E-state index contributed by atoms with van der Waals surface area (Å²) in [7, 11) is 0. The standard InChI is InChI=1S/C19H16N4O4/c1-12-16(17(24)23(22-12)15-5-3-2-4-6-15)11-20-19(27)21-14-9-7-13(8-10-14)18(25)26/h2-11,22H,1H3,(H,21,27)(H,25,26). The fourth-order valence-corrected chi connectivity index (χ4v) is 2.45. The zero-order chi connectivity index (χ0) is 19.4. The zero-order valence-electron chi connectivity index (χ0n) is 14.3. The van der Waals surface area contributed by atoms with E-state index in [1.54, 1.807) is 19.1 Å². The number of aromatic carboxylic acids is 1. The van der Waals surface area contributed by atoms with Crippen molar-refractivity contribution in [2.75, 3.05) is 5.32 Å². The van der Waals surface area contributed by atoms with E-state index >= 15 is 0 Å². The van der Waals surface area contributed by atoms with Crippen molar-refractivity contribution in [1.29, 1.82) is 0 Å². The third-order valence-electron chi connectivity index (χ3n) is 3.83. The summed E-state index contributed by atoms with van der Waals surface area (Å²) in [6, 6.07) is 14.0. The minimum atomic E-state index is -1.05. The molecule has 27 heavy (non-hydrogen) atoms. The molecule has 0 fully saturated rings. The third kappa shape index (κ3) is 4.01. The molecule has 0 radical (unpaired) electrons. The molecule has 0 saturated carbocycles. The summed E-state index contributed by atoms with van der Waals surface area (Å²) >= 11 is 0. The lowest BCUT2D eigenvalue weighted by atomic mass is 10.2. The van der Waals surface area contributed by atoms with E-state index in [1.165, 1.54) is 35.2 Å². The van der Waals surface area contributed by atoms with Gasteiger partial charge in [-0.2, -0.15) is 0 Å². The Morgan fingerprint density at radius 1 is 1.11 bits per heavy atom. The Morgan fingerprint density at radius 3 is 2.41 bits per heavy atom. The molecule has 3 aromatic rings. The molecule has 1 aromatic heterocycles. The third-order valence-corrected chi connectivity index (χ3v) is 3.83. The van der Waals surface area contributed by atoms with Crippen LogP contribution >= 0.6 is 0 Å². The molecule has 0 atom stereocenters. The van der Waals surface area contributed by atoms with Crippen LogP contribution in [0.3, 0.4) is 0 Å². The maximum Gasteiger partial charge on any atom is 0.345 e. The van der Waals surface area contributed by atoms with Gasteiger partial charge in [0.15, 0.2) is 0 Å². The van der Waals surface area contributed by atoms with E-state index in [-0.39, 0.29) is 16.7 Å². The lowest BCUT2D eigenvalue weighted by molar-refractivity contribution is 0.0697. The zero-order valence-corrected chi connectivity index (χ0v) is 14.3. The maximum absolute atomic E-state index is 12.5.